The van der Waals surface area contributed by atoms with E-state index in [-0.39, 0.29) is 12.0 Å². The summed E-state index contributed by atoms with van der Waals surface area (Å²) in [5, 5.41) is 0. The van der Waals surface area contributed by atoms with Crippen molar-refractivity contribution in [2.45, 2.75) is 71.3 Å². The van der Waals surface area contributed by atoms with Crippen LogP contribution in [0.4, 0.5) is 10.6 Å². The van der Waals surface area contributed by atoms with Crippen LogP contribution in [0.1, 0.15) is 65.7 Å². The Hall–Kier alpha value is -1.83. The van der Waals surface area contributed by atoms with Crippen molar-refractivity contribution in [3.8, 4) is 0 Å². The van der Waals surface area contributed by atoms with Crippen LogP contribution in [0.5, 0.6) is 0 Å². The molecular weight excluding hydrogens is 508 g/mol. The molecule has 0 aromatic carbocycles. The molecule has 0 bridgehead atoms. The summed E-state index contributed by atoms with van der Waals surface area (Å²) < 4.78 is 6.56. The van der Waals surface area contributed by atoms with Crippen molar-refractivity contribution in [3.05, 3.63) is 22.8 Å². The molecule has 0 N–H and O–H groups in total. The zero-order chi connectivity index (χ0) is 25.0. The van der Waals surface area contributed by atoms with E-state index in [1.807, 2.05) is 44.0 Å². The number of pyridine rings is 1. The van der Waals surface area contributed by atoms with Gasteiger partial charge in [0.2, 0.25) is 5.91 Å². The lowest BCUT2D eigenvalue weighted by Crippen LogP contribution is -2.46. The van der Waals surface area contributed by atoms with Crippen LogP contribution in [-0.2, 0) is 9.53 Å². The van der Waals surface area contributed by atoms with E-state index >= 15 is 0 Å². The maximum atomic E-state index is 13.2. The molecule has 1 aromatic rings. The monoisotopic (exact) mass is 548 g/mol. The van der Waals surface area contributed by atoms with Crippen LogP contribution in [0.2, 0.25) is 0 Å². The molecule has 7 nitrogen and oxygen atoms in total. The molecule has 0 saturated carbocycles. The van der Waals surface area contributed by atoms with E-state index in [1.165, 1.54) is 6.42 Å². The molecule has 2 amide bonds. The fraction of sp³-hybridized carbons (Fsp3) is 0.741. The minimum atomic E-state index is -0.438. The van der Waals surface area contributed by atoms with Gasteiger partial charge in [0.05, 0.1) is 0 Å². The first-order valence-electron chi connectivity index (χ1n) is 13.3. The van der Waals surface area contributed by atoms with Gasteiger partial charge in [-0.1, -0.05) is 15.9 Å². The van der Waals surface area contributed by atoms with Crippen LogP contribution >= 0.6 is 15.9 Å². The Labute approximate surface area is 218 Å². The molecule has 0 spiro atoms. The Morgan fingerprint density at radius 3 is 2.06 bits per heavy atom. The third-order valence-electron chi connectivity index (χ3n) is 7.73. The van der Waals surface area contributed by atoms with Gasteiger partial charge in [-0.3, -0.25) is 4.79 Å². The number of hydrogen-bond donors (Lipinski definition) is 0. The second-order valence-corrected chi connectivity index (χ2v) is 12.4. The fourth-order valence-corrected chi connectivity index (χ4v) is 6.04. The number of nitrogens with zero attached hydrogens (tertiary/aromatic N) is 4. The summed E-state index contributed by atoms with van der Waals surface area (Å²) in [6.45, 7) is 10.9. The van der Waals surface area contributed by atoms with E-state index in [0.29, 0.717) is 17.7 Å². The third-order valence-corrected chi connectivity index (χ3v) is 8.23. The Kier molecular flexibility index (Phi) is 8.61. The zero-order valence-electron chi connectivity index (χ0n) is 21.5. The molecule has 0 atom stereocenters. The molecule has 0 aliphatic carbocycles. The van der Waals surface area contributed by atoms with Crippen molar-refractivity contribution in [1.82, 2.24) is 14.8 Å². The minimum absolute atomic E-state index is 0.145. The maximum Gasteiger partial charge on any atom is 0.410 e. The number of carbonyl (C=O) groups is 2. The quantitative estimate of drug-likeness (QED) is 0.508. The highest BCUT2D eigenvalue weighted by Gasteiger charge is 2.33. The van der Waals surface area contributed by atoms with Crippen molar-refractivity contribution in [2.24, 2.45) is 17.8 Å². The summed E-state index contributed by atoms with van der Waals surface area (Å²) in [5.74, 6) is 2.87. The number of likely N-dealkylation sites (tertiary alicyclic amines) is 2. The first-order chi connectivity index (χ1) is 16.7. The van der Waals surface area contributed by atoms with Crippen LogP contribution < -0.4 is 4.90 Å². The summed E-state index contributed by atoms with van der Waals surface area (Å²) in [5.41, 5.74) is -0.438. The SMILES string of the molecule is CC(C)(C)OC(=O)N1CCC(CC2CCN(C(=O)C3CCN(c4cc(Br)ccn4)CC3)CC2)CC1. The first kappa shape index (κ1) is 26.2. The highest BCUT2D eigenvalue weighted by atomic mass is 79.9. The lowest BCUT2D eigenvalue weighted by Gasteiger charge is -2.39. The van der Waals surface area contributed by atoms with Crippen LogP contribution in [0.25, 0.3) is 0 Å². The standard InChI is InChI=1S/C27H41BrN4O3/c1-27(2,3)35-26(34)32-14-7-21(8-15-32)18-20-5-12-31(13-6-20)25(33)22-9-16-30(17-10-22)24-19-23(28)4-11-29-24/h4,11,19-22H,5-10,12-18H2,1-3H3. The molecule has 0 unspecified atom stereocenters. The minimum Gasteiger partial charge on any atom is -0.444 e. The molecule has 0 radical (unpaired) electrons. The highest BCUT2D eigenvalue weighted by molar-refractivity contribution is 9.10. The largest absolute Gasteiger partial charge is 0.444 e. The van der Waals surface area contributed by atoms with E-state index in [4.69, 9.17) is 4.74 Å². The fourth-order valence-electron chi connectivity index (χ4n) is 5.72. The Bertz CT molecular complexity index is 865. The average molecular weight is 550 g/mol. The van der Waals surface area contributed by atoms with Gasteiger partial charge in [-0.2, -0.15) is 0 Å². The van der Waals surface area contributed by atoms with Crippen molar-refractivity contribution >= 4 is 33.7 Å². The molecule has 4 rings (SSSR count). The number of anilines is 1. The van der Waals surface area contributed by atoms with Crippen LogP contribution in [0.3, 0.4) is 0 Å². The summed E-state index contributed by atoms with van der Waals surface area (Å²) in [6.07, 6.45) is 9.02. The zero-order valence-corrected chi connectivity index (χ0v) is 23.1. The second kappa shape index (κ2) is 11.5. The van der Waals surface area contributed by atoms with Gasteiger partial charge < -0.3 is 19.4 Å². The van der Waals surface area contributed by atoms with E-state index in [9.17, 15) is 9.59 Å². The van der Waals surface area contributed by atoms with Gasteiger partial charge in [-0.25, -0.2) is 9.78 Å². The van der Waals surface area contributed by atoms with Crippen molar-refractivity contribution in [1.29, 1.82) is 0 Å². The van der Waals surface area contributed by atoms with Crippen molar-refractivity contribution in [2.75, 3.05) is 44.2 Å². The number of carbonyl (C=O) groups excluding carboxylic acids is 2. The van der Waals surface area contributed by atoms with E-state index in [1.54, 1.807) is 0 Å². The molecule has 35 heavy (non-hydrogen) atoms. The molecule has 3 saturated heterocycles. The van der Waals surface area contributed by atoms with Gasteiger partial charge in [-0.05, 0) is 89.7 Å². The molecule has 3 fully saturated rings. The predicted octanol–water partition coefficient (Wildman–Crippen LogP) is 5.34. The summed E-state index contributed by atoms with van der Waals surface area (Å²) >= 11 is 3.52. The molecule has 8 heteroatoms. The van der Waals surface area contributed by atoms with Crippen LogP contribution in [0.15, 0.2) is 22.8 Å². The molecule has 194 valence electrons. The number of ether oxygens (including phenoxy) is 1. The number of halogens is 1. The van der Waals surface area contributed by atoms with Crippen LogP contribution in [0, 0.1) is 17.8 Å². The smallest absolute Gasteiger partial charge is 0.410 e. The lowest BCUT2D eigenvalue weighted by atomic mass is 9.82. The number of amides is 2. The second-order valence-electron chi connectivity index (χ2n) is 11.5. The number of aromatic nitrogens is 1. The van der Waals surface area contributed by atoms with Gasteiger partial charge in [0.25, 0.3) is 0 Å². The molecule has 3 aliphatic heterocycles. The summed E-state index contributed by atoms with van der Waals surface area (Å²) in [7, 11) is 0. The maximum absolute atomic E-state index is 13.2. The molecule has 4 heterocycles. The third kappa shape index (κ3) is 7.34. The molecule has 1 aromatic heterocycles. The number of piperidine rings is 3. The van der Waals surface area contributed by atoms with Crippen molar-refractivity contribution in [3.63, 3.8) is 0 Å². The van der Waals surface area contributed by atoms with Gasteiger partial charge in [0.1, 0.15) is 11.4 Å². The Morgan fingerprint density at radius 2 is 1.51 bits per heavy atom. The van der Waals surface area contributed by atoms with Crippen molar-refractivity contribution < 1.29 is 14.3 Å². The van der Waals surface area contributed by atoms with Gasteiger partial charge in [-0.15, -0.1) is 0 Å². The lowest BCUT2D eigenvalue weighted by molar-refractivity contribution is -0.137. The summed E-state index contributed by atoms with van der Waals surface area (Å²) in [6, 6.07) is 3.99. The van der Waals surface area contributed by atoms with Gasteiger partial charge >= 0.3 is 6.09 Å². The highest BCUT2D eigenvalue weighted by Crippen LogP contribution is 2.32. The Balaban J connectivity index is 1.15. The number of rotatable bonds is 4. The average Bonchev–Trinajstić information content (AvgIpc) is 2.83. The Morgan fingerprint density at radius 1 is 0.943 bits per heavy atom. The molecule has 3 aliphatic rings. The predicted molar refractivity (Wildman–Crippen MR) is 141 cm³/mol. The normalized spacial score (nSPS) is 21.3. The summed E-state index contributed by atoms with van der Waals surface area (Å²) in [4.78, 5) is 36.2. The number of hydrogen-bond acceptors (Lipinski definition) is 5. The van der Waals surface area contributed by atoms with E-state index in [0.717, 1.165) is 88.1 Å². The first-order valence-corrected chi connectivity index (χ1v) is 14.1. The van der Waals surface area contributed by atoms with E-state index < -0.39 is 5.60 Å². The van der Waals surface area contributed by atoms with Crippen LogP contribution in [-0.4, -0.2) is 71.7 Å². The van der Waals surface area contributed by atoms with E-state index in [2.05, 4.69) is 30.7 Å². The topological polar surface area (TPSA) is 66.0 Å². The molecular formula is C27H41BrN4O3. The van der Waals surface area contributed by atoms with Gasteiger partial charge in [0, 0.05) is 55.9 Å². The van der Waals surface area contributed by atoms with Gasteiger partial charge in [0.15, 0.2) is 0 Å².